The van der Waals surface area contributed by atoms with Gasteiger partial charge >= 0.3 is 0 Å². The van der Waals surface area contributed by atoms with Gasteiger partial charge in [0.05, 0.1) is 18.2 Å². The summed E-state index contributed by atoms with van der Waals surface area (Å²) in [5.74, 6) is 0.296. The molecule has 2 aromatic carbocycles. The third kappa shape index (κ3) is 3.19. The number of methoxy groups -OCH3 is 1. The zero-order chi connectivity index (χ0) is 19.6. The van der Waals surface area contributed by atoms with E-state index < -0.39 is 0 Å². The minimum Gasteiger partial charge on any atom is -0.495 e. The Morgan fingerprint density at radius 1 is 1.11 bits per heavy atom. The summed E-state index contributed by atoms with van der Waals surface area (Å²) in [5, 5.41) is 0. The van der Waals surface area contributed by atoms with Crippen LogP contribution < -0.4 is 9.47 Å². The molecule has 138 valence electrons. The van der Waals surface area contributed by atoms with Crippen molar-refractivity contribution < 1.29 is 19.1 Å². The number of carbonyl (C=O) groups excluding carboxylic acids is 2. The SMILES string of the molecule is C=C(CC)COc1cc(/C=C/C)c(OC)c2c1C(=O)c1ccccc1C2=O. The summed E-state index contributed by atoms with van der Waals surface area (Å²) in [6.45, 7) is 8.10. The molecule has 2 aromatic rings. The number of rotatable bonds is 6. The van der Waals surface area contributed by atoms with E-state index in [0.29, 0.717) is 28.2 Å². The second-order valence-corrected chi connectivity index (χ2v) is 6.34. The average molecular weight is 362 g/mol. The van der Waals surface area contributed by atoms with E-state index in [1.54, 1.807) is 30.3 Å². The number of allylic oxidation sites excluding steroid dienone is 1. The average Bonchev–Trinajstić information content (AvgIpc) is 2.69. The molecule has 0 spiro atoms. The van der Waals surface area contributed by atoms with Gasteiger partial charge in [-0.25, -0.2) is 0 Å². The van der Waals surface area contributed by atoms with Gasteiger partial charge in [0, 0.05) is 16.7 Å². The fourth-order valence-corrected chi connectivity index (χ4v) is 3.17. The van der Waals surface area contributed by atoms with Crippen LogP contribution in [-0.4, -0.2) is 25.3 Å². The van der Waals surface area contributed by atoms with Gasteiger partial charge in [-0.2, -0.15) is 0 Å². The van der Waals surface area contributed by atoms with Crippen LogP contribution in [0, 0.1) is 0 Å². The molecule has 0 saturated carbocycles. The highest BCUT2D eigenvalue weighted by Gasteiger charge is 2.36. The summed E-state index contributed by atoms with van der Waals surface area (Å²) in [6.07, 6.45) is 4.46. The molecule has 0 aliphatic heterocycles. The molecular weight excluding hydrogens is 340 g/mol. The van der Waals surface area contributed by atoms with E-state index in [9.17, 15) is 9.59 Å². The third-order valence-electron chi connectivity index (χ3n) is 4.62. The Hall–Kier alpha value is -3.14. The van der Waals surface area contributed by atoms with E-state index in [0.717, 1.165) is 12.0 Å². The van der Waals surface area contributed by atoms with E-state index in [1.807, 2.05) is 26.0 Å². The van der Waals surface area contributed by atoms with Crippen molar-refractivity contribution in [2.24, 2.45) is 0 Å². The maximum absolute atomic E-state index is 13.2. The lowest BCUT2D eigenvalue weighted by Crippen LogP contribution is -2.23. The number of ketones is 2. The molecular formula is C23H22O4. The zero-order valence-electron chi connectivity index (χ0n) is 15.8. The van der Waals surface area contributed by atoms with Crippen molar-refractivity contribution in [1.82, 2.24) is 0 Å². The number of fused-ring (bicyclic) bond motifs is 2. The number of carbonyl (C=O) groups is 2. The van der Waals surface area contributed by atoms with Crippen molar-refractivity contribution in [2.75, 3.05) is 13.7 Å². The molecule has 27 heavy (non-hydrogen) atoms. The maximum atomic E-state index is 13.2. The van der Waals surface area contributed by atoms with Crippen molar-refractivity contribution >= 4 is 17.6 Å². The van der Waals surface area contributed by atoms with Gasteiger partial charge in [0.2, 0.25) is 0 Å². The molecule has 4 heteroatoms. The maximum Gasteiger partial charge on any atom is 0.198 e. The standard InChI is InChI=1S/C23H22O4/c1-5-9-15-12-18(27-13-14(3)6-2)19-20(23(15)26-4)22(25)17-11-8-7-10-16(17)21(19)24/h5,7-12H,3,6,13H2,1-2,4H3/b9-5+. The van der Waals surface area contributed by atoms with Crippen LogP contribution in [0.3, 0.4) is 0 Å². The minimum atomic E-state index is -0.234. The lowest BCUT2D eigenvalue weighted by atomic mass is 9.82. The van der Waals surface area contributed by atoms with Gasteiger partial charge in [-0.3, -0.25) is 9.59 Å². The van der Waals surface area contributed by atoms with Crippen LogP contribution in [0.1, 0.15) is 57.7 Å². The predicted molar refractivity (Wildman–Crippen MR) is 106 cm³/mol. The Morgan fingerprint density at radius 3 is 2.30 bits per heavy atom. The minimum absolute atomic E-state index is 0.234. The topological polar surface area (TPSA) is 52.6 Å². The summed E-state index contributed by atoms with van der Waals surface area (Å²) in [6, 6.07) is 8.58. The molecule has 0 aromatic heterocycles. The summed E-state index contributed by atoms with van der Waals surface area (Å²) in [4.78, 5) is 26.4. The summed E-state index contributed by atoms with van der Waals surface area (Å²) in [7, 11) is 1.50. The van der Waals surface area contributed by atoms with E-state index in [2.05, 4.69) is 6.58 Å². The summed E-state index contributed by atoms with van der Waals surface area (Å²) >= 11 is 0. The molecule has 0 unspecified atom stereocenters. The Bertz CT molecular complexity index is 967. The van der Waals surface area contributed by atoms with Crippen molar-refractivity contribution in [1.29, 1.82) is 0 Å². The van der Waals surface area contributed by atoms with Crippen LogP contribution in [-0.2, 0) is 0 Å². The van der Waals surface area contributed by atoms with Crippen LogP contribution in [0.2, 0.25) is 0 Å². The van der Waals surface area contributed by atoms with Gasteiger partial charge in [0.15, 0.2) is 11.6 Å². The predicted octanol–water partition coefficient (Wildman–Crippen LogP) is 4.85. The van der Waals surface area contributed by atoms with Crippen LogP contribution in [0.5, 0.6) is 11.5 Å². The Balaban J connectivity index is 2.27. The lowest BCUT2D eigenvalue weighted by Gasteiger charge is -2.24. The number of hydrogen-bond donors (Lipinski definition) is 0. The van der Waals surface area contributed by atoms with Crippen molar-refractivity contribution in [3.63, 3.8) is 0 Å². The van der Waals surface area contributed by atoms with Gasteiger partial charge < -0.3 is 9.47 Å². The normalized spacial score (nSPS) is 12.7. The van der Waals surface area contributed by atoms with Crippen LogP contribution in [0.25, 0.3) is 6.08 Å². The second-order valence-electron chi connectivity index (χ2n) is 6.34. The van der Waals surface area contributed by atoms with Gasteiger partial charge in [0.25, 0.3) is 0 Å². The van der Waals surface area contributed by atoms with Crippen molar-refractivity contribution in [3.05, 3.63) is 76.4 Å². The first-order valence-electron chi connectivity index (χ1n) is 8.89. The van der Waals surface area contributed by atoms with Crippen LogP contribution >= 0.6 is 0 Å². The molecule has 0 bridgehead atoms. The Morgan fingerprint density at radius 2 is 1.74 bits per heavy atom. The van der Waals surface area contributed by atoms with Crippen molar-refractivity contribution in [2.45, 2.75) is 20.3 Å². The van der Waals surface area contributed by atoms with E-state index in [-0.39, 0.29) is 29.3 Å². The zero-order valence-corrected chi connectivity index (χ0v) is 15.8. The highest BCUT2D eigenvalue weighted by Crippen LogP contribution is 2.41. The molecule has 0 N–H and O–H groups in total. The molecule has 0 fully saturated rings. The van der Waals surface area contributed by atoms with Gasteiger partial charge in [-0.1, -0.05) is 49.9 Å². The Labute approximate surface area is 159 Å². The quantitative estimate of drug-likeness (QED) is 0.588. The number of benzene rings is 2. The first kappa shape index (κ1) is 18.6. The van der Waals surface area contributed by atoms with Crippen molar-refractivity contribution in [3.8, 4) is 11.5 Å². The van der Waals surface area contributed by atoms with Gasteiger partial charge in [0.1, 0.15) is 18.1 Å². The number of hydrogen-bond acceptors (Lipinski definition) is 4. The first-order chi connectivity index (χ1) is 13.0. The third-order valence-corrected chi connectivity index (χ3v) is 4.62. The smallest absolute Gasteiger partial charge is 0.198 e. The molecule has 0 heterocycles. The van der Waals surface area contributed by atoms with E-state index in [4.69, 9.17) is 9.47 Å². The highest BCUT2D eigenvalue weighted by atomic mass is 16.5. The summed E-state index contributed by atoms with van der Waals surface area (Å²) < 4.78 is 11.4. The van der Waals surface area contributed by atoms with Crippen LogP contribution in [0.4, 0.5) is 0 Å². The highest BCUT2D eigenvalue weighted by molar-refractivity contribution is 6.30. The van der Waals surface area contributed by atoms with E-state index in [1.165, 1.54) is 7.11 Å². The molecule has 1 aliphatic carbocycles. The molecule has 0 radical (unpaired) electrons. The first-order valence-corrected chi connectivity index (χ1v) is 8.89. The molecule has 3 rings (SSSR count). The number of ether oxygens (including phenoxy) is 2. The lowest BCUT2D eigenvalue weighted by molar-refractivity contribution is 0.0973. The fourth-order valence-electron chi connectivity index (χ4n) is 3.17. The molecule has 0 atom stereocenters. The molecule has 1 aliphatic rings. The monoisotopic (exact) mass is 362 g/mol. The second kappa shape index (κ2) is 7.62. The molecule has 4 nitrogen and oxygen atoms in total. The fraction of sp³-hybridized carbons (Fsp3) is 0.217. The summed E-state index contributed by atoms with van der Waals surface area (Å²) in [5.41, 5.74) is 2.88. The van der Waals surface area contributed by atoms with Gasteiger partial charge in [-0.15, -0.1) is 0 Å². The van der Waals surface area contributed by atoms with Crippen LogP contribution in [0.15, 0.2) is 48.6 Å². The Kier molecular flexibility index (Phi) is 5.26. The molecule has 0 saturated heterocycles. The van der Waals surface area contributed by atoms with E-state index >= 15 is 0 Å². The molecule has 0 amide bonds. The largest absolute Gasteiger partial charge is 0.495 e. The van der Waals surface area contributed by atoms with Gasteiger partial charge in [-0.05, 0) is 25.0 Å².